The zero-order valence-electron chi connectivity index (χ0n) is 11.2. The molecule has 0 heterocycles. The van der Waals surface area contributed by atoms with Gasteiger partial charge in [-0.2, -0.15) is 0 Å². The maximum atomic E-state index is 11.8. The SMILES string of the molecule is COCCC1(CNC(=O)N[C@@H]2CC=CCC2)CC1. The maximum absolute atomic E-state index is 11.8. The molecule has 2 N–H and O–H groups in total. The van der Waals surface area contributed by atoms with Gasteiger partial charge in [-0.3, -0.25) is 0 Å². The van der Waals surface area contributed by atoms with Crippen molar-refractivity contribution in [3.63, 3.8) is 0 Å². The third-order valence-corrected chi connectivity index (χ3v) is 4.02. The Morgan fingerprint density at radius 3 is 2.89 bits per heavy atom. The second kappa shape index (κ2) is 6.23. The van der Waals surface area contributed by atoms with Crippen LogP contribution in [0, 0.1) is 5.41 Å². The highest BCUT2D eigenvalue weighted by Gasteiger charge is 2.42. The molecule has 0 aromatic rings. The molecule has 0 unspecified atom stereocenters. The molecule has 4 nitrogen and oxygen atoms in total. The molecule has 1 fully saturated rings. The van der Waals surface area contributed by atoms with Crippen molar-refractivity contribution in [3.05, 3.63) is 12.2 Å². The highest BCUT2D eigenvalue weighted by Crippen LogP contribution is 2.48. The van der Waals surface area contributed by atoms with Crippen LogP contribution in [0.3, 0.4) is 0 Å². The molecule has 1 saturated carbocycles. The fourth-order valence-corrected chi connectivity index (χ4v) is 2.44. The lowest BCUT2D eigenvalue weighted by Gasteiger charge is -2.21. The summed E-state index contributed by atoms with van der Waals surface area (Å²) in [7, 11) is 1.73. The number of nitrogens with one attached hydrogen (secondary N) is 2. The molecular weight excluding hydrogens is 228 g/mol. The number of carbonyl (C=O) groups excluding carboxylic acids is 1. The van der Waals surface area contributed by atoms with Gasteiger partial charge < -0.3 is 15.4 Å². The number of carbonyl (C=O) groups is 1. The molecule has 102 valence electrons. The predicted octanol–water partition coefficient (Wildman–Crippen LogP) is 2.21. The third kappa shape index (κ3) is 4.02. The standard InChI is InChI=1S/C14H24N2O2/c1-18-10-9-14(7-8-14)11-15-13(17)16-12-5-3-2-4-6-12/h2-3,12H,4-11H2,1H3,(H2,15,16,17)/t12-/m1/s1. The van der Waals surface area contributed by atoms with Crippen LogP contribution < -0.4 is 10.6 Å². The third-order valence-electron chi connectivity index (χ3n) is 4.02. The van der Waals surface area contributed by atoms with Crippen molar-refractivity contribution in [2.24, 2.45) is 5.41 Å². The smallest absolute Gasteiger partial charge is 0.315 e. The first-order valence-corrected chi connectivity index (χ1v) is 6.92. The Bertz CT molecular complexity index is 311. The van der Waals surface area contributed by atoms with Crippen LogP contribution in [0.4, 0.5) is 4.79 Å². The van der Waals surface area contributed by atoms with Crippen molar-refractivity contribution in [2.45, 2.75) is 44.6 Å². The number of amides is 2. The van der Waals surface area contributed by atoms with E-state index in [-0.39, 0.29) is 6.03 Å². The Balaban J connectivity index is 1.64. The summed E-state index contributed by atoms with van der Waals surface area (Å²) in [5, 5.41) is 6.05. The zero-order valence-corrected chi connectivity index (χ0v) is 11.2. The zero-order chi connectivity index (χ0) is 12.8. The number of methoxy groups -OCH3 is 1. The van der Waals surface area contributed by atoms with Crippen LogP contribution in [0.1, 0.15) is 38.5 Å². The van der Waals surface area contributed by atoms with E-state index in [0.717, 1.165) is 38.8 Å². The Morgan fingerprint density at radius 2 is 2.28 bits per heavy atom. The van der Waals surface area contributed by atoms with Crippen LogP contribution >= 0.6 is 0 Å². The summed E-state index contributed by atoms with van der Waals surface area (Å²) < 4.78 is 5.11. The summed E-state index contributed by atoms with van der Waals surface area (Å²) in [6, 6.07) is 0.295. The predicted molar refractivity (Wildman–Crippen MR) is 71.5 cm³/mol. The van der Waals surface area contributed by atoms with Gasteiger partial charge >= 0.3 is 6.03 Å². The molecule has 0 spiro atoms. The molecular formula is C14H24N2O2. The van der Waals surface area contributed by atoms with Crippen molar-refractivity contribution in [3.8, 4) is 0 Å². The Labute approximate surface area is 109 Å². The largest absolute Gasteiger partial charge is 0.385 e. The minimum absolute atomic E-state index is 0.0148. The van der Waals surface area contributed by atoms with Crippen LogP contribution in [0.2, 0.25) is 0 Å². The van der Waals surface area contributed by atoms with Crippen molar-refractivity contribution >= 4 is 6.03 Å². The molecule has 0 saturated heterocycles. The van der Waals surface area contributed by atoms with Gasteiger partial charge in [-0.05, 0) is 43.9 Å². The molecule has 2 rings (SSSR count). The normalized spacial score (nSPS) is 24.6. The van der Waals surface area contributed by atoms with Gasteiger partial charge in [0.15, 0.2) is 0 Å². The highest BCUT2D eigenvalue weighted by molar-refractivity contribution is 5.74. The highest BCUT2D eigenvalue weighted by atomic mass is 16.5. The van der Waals surface area contributed by atoms with E-state index in [9.17, 15) is 4.79 Å². The van der Waals surface area contributed by atoms with E-state index < -0.39 is 0 Å². The summed E-state index contributed by atoms with van der Waals surface area (Å²) >= 11 is 0. The van der Waals surface area contributed by atoms with Crippen molar-refractivity contribution in [1.29, 1.82) is 0 Å². The molecule has 4 heteroatoms. The quantitative estimate of drug-likeness (QED) is 0.712. The minimum Gasteiger partial charge on any atom is -0.385 e. The first-order chi connectivity index (χ1) is 8.74. The van der Waals surface area contributed by atoms with Crippen LogP contribution in [0.5, 0.6) is 0 Å². The summed E-state index contributed by atoms with van der Waals surface area (Å²) in [4.78, 5) is 11.8. The van der Waals surface area contributed by atoms with Gasteiger partial charge in [0.2, 0.25) is 0 Å². The van der Waals surface area contributed by atoms with E-state index in [4.69, 9.17) is 4.74 Å². The summed E-state index contributed by atoms with van der Waals surface area (Å²) in [5.41, 5.74) is 0.319. The van der Waals surface area contributed by atoms with Gasteiger partial charge in [0.25, 0.3) is 0 Å². The number of urea groups is 1. The van der Waals surface area contributed by atoms with Gasteiger partial charge in [0.1, 0.15) is 0 Å². The molecule has 2 aliphatic carbocycles. The molecule has 0 radical (unpaired) electrons. The monoisotopic (exact) mass is 252 g/mol. The number of rotatable bonds is 6. The number of allylic oxidation sites excluding steroid dienone is 1. The first-order valence-electron chi connectivity index (χ1n) is 6.92. The van der Waals surface area contributed by atoms with Crippen molar-refractivity contribution < 1.29 is 9.53 Å². The van der Waals surface area contributed by atoms with E-state index in [0.29, 0.717) is 11.5 Å². The summed E-state index contributed by atoms with van der Waals surface area (Å²) in [5.74, 6) is 0. The van der Waals surface area contributed by atoms with E-state index in [1.807, 2.05) is 0 Å². The van der Waals surface area contributed by atoms with Crippen LogP contribution in [0.15, 0.2) is 12.2 Å². The first kappa shape index (κ1) is 13.4. The molecule has 18 heavy (non-hydrogen) atoms. The number of hydrogen-bond donors (Lipinski definition) is 2. The Morgan fingerprint density at radius 1 is 1.44 bits per heavy atom. The summed E-state index contributed by atoms with van der Waals surface area (Å²) in [6.45, 7) is 1.57. The molecule has 0 aliphatic heterocycles. The van der Waals surface area contributed by atoms with Crippen LogP contribution in [0.25, 0.3) is 0 Å². The van der Waals surface area contributed by atoms with E-state index in [1.54, 1.807) is 7.11 Å². The number of hydrogen-bond acceptors (Lipinski definition) is 2. The van der Waals surface area contributed by atoms with Crippen molar-refractivity contribution in [1.82, 2.24) is 10.6 Å². The van der Waals surface area contributed by atoms with Gasteiger partial charge in [-0.25, -0.2) is 4.79 Å². The minimum atomic E-state index is -0.0148. The molecule has 2 aliphatic rings. The van der Waals surface area contributed by atoms with E-state index in [2.05, 4.69) is 22.8 Å². The van der Waals surface area contributed by atoms with Gasteiger partial charge in [-0.15, -0.1) is 0 Å². The lowest BCUT2D eigenvalue weighted by atomic mass is 10.0. The lowest BCUT2D eigenvalue weighted by Crippen LogP contribution is -2.44. The van der Waals surface area contributed by atoms with Crippen LogP contribution in [-0.4, -0.2) is 32.3 Å². The van der Waals surface area contributed by atoms with E-state index in [1.165, 1.54) is 12.8 Å². The Hall–Kier alpha value is -1.03. The molecule has 1 atom stereocenters. The topological polar surface area (TPSA) is 50.4 Å². The second-order valence-electron chi connectivity index (χ2n) is 5.55. The van der Waals surface area contributed by atoms with E-state index >= 15 is 0 Å². The van der Waals surface area contributed by atoms with Gasteiger partial charge in [0.05, 0.1) is 0 Å². The Kier molecular flexibility index (Phi) is 4.64. The van der Waals surface area contributed by atoms with Gasteiger partial charge in [-0.1, -0.05) is 12.2 Å². The second-order valence-corrected chi connectivity index (χ2v) is 5.55. The molecule has 0 aromatic carbocycles. The summed E-state index contributed by atoms with van der Waals surface area (Å²) in [6.07, 6.45) is 10.9. The number of ether oxygens (including phenoxy) is 1. The maximum Gasteiger partial charge on any atom is 0.315 e. The average Bonchev–Trinajstić information content (AvgIpc) is 3.16. The average molecular weight is 252 g/mol. The molecule has 0 bridgehead atoms. The van der Waals surface area contributed by atoms with Gasteiger partial charge in [0, 0.05) is 26.3 Å². The molecule has 2 amide bonds. The van der Waals surface area contributed by atoms with Crippen molar-refractivity contribution in [2.75, 3.05) is 20.3 Å². The fourth-order valence-electron chi connectivity index (χ4n) is 2.44. The lowest BCUT2D eigenvalue weighted by molar-refractivity contribution is 0.171. The van der Waals surface area contributed by atoms with Crippen LogP contribution in [-0.2, 0) is 4.74 Å². The fraction of sp³-hybridized carbons (Fsp3) is 0.786. The molecule has 0 aromatic heterocycles.